The van der Waals surface area contributed by atoms with E-state index in [1.165, 1.54) is 24.1 Å². The van der Waals surface area contributed by atoms with Gasteiger partial charge in [-0.1, -0.05) is 89.4 Å². The van der Waals surface area contributed by atoms with Crippen molar-refractivity contribution in [2.75, 3.05) is 18.0 Å². The fourth-order valence-electron chi connectivity index (χ4n) is 4.96. The number of carbonyl (C=O) groups is 2. The first-order valence-electron chi connectivity index (χ1n) is 14.7. The van der Waals surface area contributed by atoms with Crippen LogP contribution in [0.5, 0.6) is 5.75 Å². The van der Waals surface area contributed by atoms with Crippen LogP contribution in [0.15, 0.2) is 102 Å². The van der Waals surface area contributed by atoms with E-state index >= 15 is 0 Å². The van der Waals surface area contributed by atoms with Crippen molar-refractivity contribution in [1.29, 1.82) is 0 Å². The molecule has 4 rings (SSSR count). The van der Waals surface area contributed by atoms with Crippen molar-refractivity contribution in [3.63, 3.8) is 0 Å². The molecule has 0 spiro atoms. The van der Waals surface area contributed by atoms with Gasteiger partial charge in [-0.15, -0.1) is 0 Å². The third kappa shape index (κ3) is 8.60. The van der Waals surface area contributed by atoms with Crippen molar-refractivity contribution < 1.29 is 22.7 Å². The molecule has 0 fully saturated rings. The Morgan fingerprint density at radius 2 is 1.50 bits per heavy atom. The zero-order valence-corrected chi connectivity index (χ0v) is 28.4. The van der Waals surface area contributed by atoms with Gasteiger partial charge in [0.25, 0.3) is 10.0 Å². The Bertz CT molecular complexity index is 1770. The number of rotatable bonds is 13. The zero-order valence-electron chi connectivity index (χ0n) is 26.1. The van der Waals surface area contributed by atoms with Gasteiger partial charge in [0.15, 0.2) is 0 Å². The maximum Gasteiger partial charge on any atom is 0.264 e. The second-order valence-corrected chi connectivity index (χ2v) is 13.8. The van der Waals surface area contributed by atoms with Crippen molar-refractivity contribution in [3.8, 4) is 5.75 Å². The van der Waals surface area contributed by atoms with Crippen molar-refractivity contribution in [3.05, 3.63) is 124 Å². The smallest absolute Gasteiger partial charge is 0.264 e. The molecule has 4 aromatic rings. The number of amides is 2. The number of halogens is 2. The van der Waals surface area contributed by atoms with Gasteiger partial charge in [0.05, 0.1) is 27.7 Å². The number of sulfonamides is 1. The molecule has 0 saturated carbocycles. The fourth-order valence-corrected chi connectivity index (χ4v) is 6.70. The molecule has 0 heterocycles. The lowest BCUT2D eigenvalue weighted by atomic mass is 10.0. The fraction of sp³-hybridized carbons (Fsp3) is 0.257. The Labute approximate surface area is 280 Å². The molecule has 4 aromatic carbocycles. The van der Waals surface area contributed by atoms with Crippen molar-refractivity contribution in [2.45, 2.75) is 50.7 Å². The molecule has 0 aliphatic rings. The summed E-state index contributed by atoms with van der Waals surface area (Å²) >= 11 is 12.5. The van der Waals surface area contributed by atoms with E-state index in [4.69, 9.17) is 27.9 Å². The SMILES string of the molecule is COc1ccccc1N(CC(=O)N(Cc1ccc(Cl)c(Cl)c1)[C@@H](Cc1ccccc1)C(=O)NC(C)C)S(=O)(=O)c1ccc(C)cc1. The van der Waals surface area contributed by atoms with E-state index in [-0.39, 0.29) is 46.3 Å². The monoisotopic (exact) mass is 681 g/mol. The highest BCUT2D eigenvalue weighted by molar-refractivity contribution is 7.92. The van der Waals surface area contributed by atoms with Crippen LogP contribution in [0, 0.1) is 6.92 Å². The predicted octanol–water partition coefficient (Wildman–Crippen LogP) is 6.67. The van der Waals surface area contributed by atoms with Gasteiger partial charge in [0.2, 0.25) is 11.8 Å². The first-order chi connectivity index (χ1) is 21.9. The summed E-state index contributed by atoms with van der Waals surface area (Å²) < 4.78 is 35.0. The highest BCUT2D eigenvalue weighted by Gasteiger charge is 2.35. The zero-order chi connectivity index (χ0) is 33.4. The van der Waals surface area contributed by atoms with E-state index in [0.717, 1.165) is 15.4 Å². The molecule has 0 bridgehead atoms. The minimum atomic E-state index is -4.27. The van der Waals surface area contributed by atoms with Gasteiger partial charge >= 0.3 is 0 Å². The van der Waals surface area contributed by atoms with Crippen LogP contribution in [0.25, 0.3) is 0 Å². The second-order valence-electron chi connectivity index (χ2n) is 11.1. The average Bonchev–Trinajstić information content (AvgIpc) is 3.03. The van der Waals surface area contributed by atoms with Crippen LogP contribution in [0.1, 0.15) is 30.5 Å². The van der Waals surface area contributed by atoms with Crippen molar-refractivity contribution >= 4 is 50.7 Å². The number of methoxy groups -OCH3 is 1. The molecule has 0 aliphatic carbocycles. The van der Waals surface area contributed by atoms with Crippen LogP contribution in [0.3, 0.4) is 0 Å². The molecule has 1 atom stereocenters. The Hall–Kier alpha value is -4.05. The number of hydrogen-bond acceptors (Lipinski definition) is 5. The van der Waals surface area contributed by atoms with Crippen LogP contribution < -0.4 is 14.4 Å². The van der Waals surface area contributed by atoms with Crippen LogP contribution in [0.2, 0.25) is 10.0 Å². The second kappa shape index (κ2) is 15.5. The first-order valence-corrected chi connectivity index (χ1v) is 16.9. The molecular weight excluding hydrogens is 645 g/mol. The minimum Gasteiger partial charge on any atom is -0.495 e. The van der Waals surface area contributed by atoms with E-state index < -0.39 is 28.5 Å². The van der Waals surface area contributed by atoms with E-state index in [1.807, 2.05) is 51.1 Å². The molecule has 11 heteroatoms. The van der Waals surface area contributed by atoms with Gasteiger partial charge in [-0.25, -0.2) is 8.42 Å². The molecular formula is C35H37Cl2N3O5S. The van der Waals surface area contributed by atoms with Gasteiger partial charge in [-0.3, -0.25) is 13.9 Å². The van der Waals surface area contributed by atoms with Crippen LogP contribution in [0.4, 0.5) is 5.69 Å². The van der Waals surface area contributed by atoms with Crippen molar-refractivity contribution in [1.82, 2.24) is 10.2 Å². The van der Waals surface area contributed by atoms with Gasteiger partial charge in [-0.2, -0.15) is 0 Å². The summed E-state index contributed by atoms with van der Waals surface area (Å²) in [6, 6.07) is 26.1. The number of carbonyl (C=O) groups excluding carboxylic acids is 2. The summed E-state index contributed by atoms with van der Waals surface area (Å²) in [7, 11) is -2.84. The van der Waals surface area contributed by atoms with Gasteiger partial charge in [-0.05, 0) is 68.3 Å². The third-order valence-corrected chi connectivity index (χ3v) is 9.79. The number of aryl methyl sites for hydroxylation is 1. The molecule has 2 amide bonds. The van der Waals surface area contributed by atoms with Gasteiger partial charge in [0, 0.05) is 19.0 Å². The van der Waals surface area contributed by atoms with E-state index in [1.54, 1.807) is 54.6 Å². The Balaban J connectivity index is 1.84. The molecule has 0 radical (unpaired) electrons. The molecule has 46 heavy (non-hydrogen) atoms. The van der Waals surface area contributed by atoms with Crippen LogP contribution in [-0.4, -0.2) is 50.9 Å². The quantitative estimate of drug-likeness (QED) is 0.170. The minimum absolute atomic E-state index is 0.00576. The number of benzene rings is 4. The number of nitrogens with zero attached hydrogens (tertiary/aromatic N) is 2. The summed E-state index contributed by atoms with van der Waals surface area (Å²) in [6.07, 6.45) is 0.186. The molecule has 0 aromatic heterocycles. The lowest BCUT2D eigenvalue weighted by Gasteiger charge is -2.34. The highest BCUT2D eigenvalue weighted by Crippen LogP contribution is 2.33. The molecule has 0 unspecified atom stereocenters. The number of para-hydroxylation sites is 2. The normalized spacial score (nSPS) is 12.0. The summed E-state index contributed by atoms with van der Waals surface area (Å²) in [5, 5.41) is 3.57. The first kappa shape index (κ1) is 34.8. The highest BCUT2D eigenvalue weighted by atomic mass is 35.5. The maximum atomic E-state index is 14.6. The Morgan fingerprint density at radius 1 is 0.848 bits per heavy atom. The Kier molecular flexibility index (Phi) is 11.7. The van der Waals surface area contributed by atoms with Gasteiger partial charge in [0.1, 0.15) is 18.3 Å². The molecule has 242 valence electrons. The van der Waals surface area contributed by atoms with E-state index in [0.29, 0.717) is 10.6 Å². The average molecular weight is 683 g/mol. The number of ether oxygens (including phenoxy) is 1. The van der Waals surface area contributed by atoms with Crippen LogP contribution in [-0.2, 0) is 32.6 Å². The standard InChI is InChI=1S/C35H37Cl2N3O5S/c1-24(2)38-35(42)32(21-26-10-6-5-7-11-26)39(22-27-16-19-29(36)30(37)20-27)34(41)23-40(31-12-8-9-13-33(31)45-4)46(43,44)28-17-14-25(3)15-18-28/h5-20,24,32H,21-23H2,1-4H3,(H,38,42)/t32-/m0/s1. The van der Waals surface area contributed by atoms with Gasteiger partial charge < -0.3 is 15.0 Å². The lowest BCUT2D eigenvalue weighted by molar-refractivity contribution is -0.140. The molecule has 8 nitrogen and oxygen atoms in total. The lowest BCUT2D eigenvalue weighted by Crippen LogP contribution is -2.54. The number of hydrogen-bond donors (Lipinski definition) is 1. The summed E-state index contributed by atoms with van der Waals surface area (Å²) in [5.41, 5.74) is 2.50. The molecule has 0 aliphatic heterocycles. The van der Waals surface area contributed by atoms with E-state index in [9.17, 15) is 18.0 Å². The predicted molar refractivity (Wildman–Crippen MR) is 183 cm³/mol. The third-order valence-electron chi connectivity index (χ3n) is 7.28. The largest absolute Gasteiger partial charge is 0.495 e. The topological polar surface area (TPSA) is 96.0 Å². The van der Waals surface area contributed by atoms with E-state index in [2.05, 4.69) is 5.32 Å². The van der Waals surface area contributed by atoms with Crippen LogP contribution >= 0.6 is 23.2 Å². The maximum absolute atomic E-state index is 14.6. The molecule has 1 N–H and O–H groups in total. The summed E-state index contributed by atoms with van der Waals surface area (Å²) in [5.74, 6) is -0.717. The Morgan fingerprint density at radius 3 is 2.13 bits per heavy atom. The summed E-state index contributed by atoms with van der Waals surface area (Å²) in [6.45, 7) is 4.87. The summed E-state index contributed by atoms with van der Waals surface area (Å²) in [4.78, 5) is 29.8. The number of nitrogens with one attached hydrogen (secondary N) is 1. The molecule has 0 saturated heterocycles. The number of anilines is 1. The van der Waals surface area contributed by atoms with Crippen molar-refractivity contribution in [2.24, 2.45) is 0 Å².